The number of carbonyl (C=O) groups excluding carboxylic acids is 1. The fourth-order valence-electron chi connectivity index (χ4n) is 2.05. The van der Waals surface area contributed by atoms with Crippen LogP contribution in [0.1, 0.15) is 24.8 Å². The molecule has 2 rings (SSSR count). The molecule has 90 valence electrons. The van der Waals surface area contributed by atoms with Gasteiger partial charge in [0.15, 0.2) is 0 Å². The molecule has 0 fully saturated rings. The number of nitrogens with zero attached hydrogens (tertiary/aromatic N) is 2. The Kier molecular flexibility index (Phi) is 3.13. The Morgan fingerprint density at radius 1 is 1.53 bits per heavy atom. The van der Waals surface area contributed by atoms with Gasteiger partial charge in [0.2, 0.25) is 0 Å². The molecule has 1 atom stereocenters. The van der Waals surface area contributed by atoms with Crippen LogP contribution in [-0.2, 0) is 16.6 Å². The van der Waals surface area contributed by atoms with Crippen LogP contribution in [0.3, 0.4) is 0 Å². The molecular formula is C13H16N2O2. The highest BCUT2D eigenvalue weighted by molar-refractivity contribution is 5.82. The monoisotopic (exact) mass is 232 g/mol. The second-order valence-corrected chi connectivity index (χ2v) is 4.09. The number of fused-ring (bicyclic) bond motifs is 1. The zero-order valence-corrected chi connectivity index (χ0v) is 10.3. The first-order chi connectivity index (χ1) is 8.17. The van der Waals surface area contributed by atoms with Crippen molar-refractivity contribution in [1.29, 1.82) is 0 Å². The van der Waals surface area contributed by atoms with Crippen LogP contribution in [0.4, 0.5) is 0 Å². The van der Waals surface area contributed by atoms with Crippen LogP contribution in [0.25, 0.3) is 11.0 Å². The van der Waals surface area contributed by atoms with E-state index in [1.807, 2.05) is 36.7 Å². The third-order valence-corrected chi connectivity index (χ3v) is 3.05. The van der Waals surface area contributed by atoms with E-state index in [2.05, 4.69) is 4.98 Å². The van der Waals surface area contributed by atoms with Crippen molar-refractivity contribution in [3.63, 3.8) is 0 Å². The van der Waals surface area contributed by atoms with Crippen LogP contribution in [-0.4, -0.2) is 22.6 Å². The quantitative estimate of drug-likeness (QED) is 0.762. The summed E-state index contributed by atoms with van der Waals surface area (Å²) in [6, 6.07) is 5.92. The van der Waals surface area contributed by atoms with Gasteiger partial charge >= 0.3 is 5.97 Å². The number of aromatic nitrogens is 2. The zero-order chi connectivity index (χ0) is 12.4. The van der Waals surface area contributed by atoms with Crippen LogP contribution in [0, 0.1) is 0 Å². The Bertz CT molecular complexity index is 545. The number of hydrogen-bond donors (Lipinski definition) is 0. The second kappa shape index (κ2) is 4.57. The first-order valence-electron chi connectivity index (χ1n) is 5.66. The summed E-state index contributed by atoms with van der Waals surface area (Å²) in [6.45, 7) is 1.98. The normalized spacial score (nSPS) is 12.6. The maximum absolute atomic E-state index is 11.6. The average Bonchev–Trinajstić information content (AvgIpc) is 2.71. The molecule has 0 aliphatic carbocycles. The number of aryl methyl sites for hydroxylation is 1. The molecule has 0 radical (unpaired) electrons. The van der Waals surface area contributed by atoms with E-state index in [-0.39, 0.29) is 11.9 Å². The highest BCUT2D eigenvalue weighted by Gasteiger charge is 2.19. The predicted molar refractivity (Wildman–Crippen MR) is 65.8 cm³/mol. The number of imidazole rings is 1. The van der Waals surface area contributed by atoms with Crippen LogP contribution < -0.4 is 0 Å². The Morgan fingerprint density at radius 3 is 2.94 bits per heavy atom. The standard InChI is InChI=1S/C13H16N2O2/c1-4-10(13(16)17-3)9-5-6-12-11(7-9)14-8-15(12)2/h5-8,10H,4H2,1-3H3. The van der Waals surface area contributed by atoms with Gasteiger partial charge in [-0.05, 0) is 24.1 Å². The maximum atomic E-state index is 11.6. The van der Waals surface area contributed by atoms with E-state index in [0.717, 1.165) is 23.0 Å². The number of methoxy groups -OCH3 is 1. The molecule has 4 heteroatoms. The van der Waals surface area contributed by atoms with Crippen molar-refractivity contribution in [2.75, 3.05) is 7.11 Å². The third kappa shape index (κ3) is 2.02. The molecular weight excluding hydrogens is 216 g/mol. The van der Waals surface area contributed by atoms with Crippen LogP contribution >= 0.6 is 0 Å². The van der Waals surface area contributed by atoms with Gasteiger partial charge < -0.3 is 9.30 Å². The van der Waals surface area contributed by atoms with Crippen LogP contribution in [0.2, 0.25) is 0 Å². The Hall–Kier alpha value is -1.84. The molecule has 1 aromatic heterocycles. The maximum Gasteiger partial charge on any atom is 0.313 e. The van der Waals surface area contributed by atoms with Gasteiger partial charge in [0.1, 0.15) is 0 Å². The van der Waals surface area contributed by atoms with Crippen molar-refractivity contribution >= 4 is 17.0 Å². The summed E-state index contributed by atoms with van der Waals surface area (Å²) in [5.41, 5.74) is 2.94. The van der Waals surface area contributed by atoms with Gasteiger partial charge in [0, 0.05) is 7.05 Å². The van der Waals surface area contributed by atoms with Gasteiger partial charge in [-0.3, -0.25) is 4.79 Å². The lowest BCUT2D eigenvalue weighted by atomic mass is 9.96. The number of rotatable bonds is 3. The first kappa shape index (κ1) is 11.6. The summed E-state index contributed by atoms with van der Waals surface area (Å²) in [7, 11) is 3.37. The molecule has 0 saturated heterocycles. The summed E-state index contributed by atoms with van der Waals surface area (Å²) in [5, 5.41) is 0. The van der Waals surface area contributed by atoms with Gasteiger partial charge in [-0.25, -0.2) is 4.98 Å². The third-order valence-electron chi connectivity index (χ3n) is 3.05. The van der Waals surface area contributed by atoms with E-state index >= 15 is 0 Å². The van der Waals surface area contributed by atoms with Gasteiger partial charge in [-0.1, -0.05) is 13.0 Å². The number of esters is 1. The first-order valence-corrected chi connectivity index (χ1v) is 5.66. The lowest BCUT2D eigenvalue weighted by Crippen LogP contribution is -2.13. The minimum atomic E-state index is -0.202. The van der Waals surface area contributed by atoms with Gasteiger partial charge in [-0.15, -0.1) is 0 Å². The number of carbonyl (C=O) groups is 1. The molecule has 0 saturated carbocycles. The largest absolute Gasteiger partial charge is 0.469 e. The fourth-order valence-corrected chi connectivity index (χ4v) is 2.05. The van der Waals surface area contributed by atoms with Crippen molar-refractivity contribution in [1.82, 2.24) is 9.55 Å². The molecule has 2 aromatic rings. The molecule has 0 aliphatic rings. The Balaban J connectivity index is 2.44. The predicted octanol–water partition coefficient (Wildman–Crippen LogP) is 2.24. The van der Waals surface area contributed by atoms with Crippen molar-refractivity contribution in [3.05, 3.63) is 30.1 Å². The second-order valence-electron chi connectivity index (χ2n) is 4.09. The average molecular weight is 232 g/mol. The minimum absolute atomic E-state index is 0.192. The van der Waals surface area contributed by atoms with Gasteiger partial charge in [0.05, 0.1) is 30.4 Å². The fraction of sp³-hybridized carbons (Fsp3) is 0.385. The summed E-state index contributed by atoms with van der Waals surface area (Å²) >= 11 is 0. The summed E-state index contributed by atoms with van der Waals surface area (Å²) in [6.07, 6.45) is 2.50. The smallest absolute Gasteiger partial charge is 0.313 e. The van der Waals surface area contributed by atoms with Gasteiger partial charge in [0.25, 0.3) is 0 Å². The van der Waals surface area contributed by atoms with Crippen molar-refractivity contribution in [3.8, 4) is 0 Å². The lowest BCUT2D eigenvalue weighted by Gasteiger charge is -2.12. The summed E-state index contributed by atoms with van der Waals surface area (Å²) < 4.78 is 6.77. The lowest BCUT2D eigenvalue weighted by molar-refractivity contribution is -0.142. The Morgan fingerprint density at radius 2 is 2.29 bits per heavy atom. The van der Waals surface area contributed by atoms with Crippen LogP contribution in [0.5, 0.6) is 0 Å². The van der Waals surface area contributed by atoms with E-state index in [1.165, 1.54) is 7.11 Å². The number of benzene rings is 1. The molecule has 1 aromatic carbocycles. The van der Waals surface area contributed by atoms with E-state index < -0.39 is 0 Å². The Labute approximate surface area is 100 Å². The van der Waals surface area contributed by atoms with Gasteiger partial charge in [-0.2, -0.15) is 0 Å². The highest BCUT2D eigenvalue weighted by atomic mass is 16.5. The summed E-state index contributed by atoms with van der Waals surface area (Å²) in [4.78, 5) is 15.9. The van der Waals surface area contributed by atoms with Crippen molar-refractivity contribution < 1.29 is 9.53 Å². The minimum Gasteiger partial charge on any atom is -0.469 e. The van der Waals surface area contributed by atoms with Crippen molar-refractivity contribution in [2.24, 2.45) is 7.05 Å². The molecule has 17 heavy (non-hydrogen) atoms. The van der Waals surface area contributed by atoms with Crippen molar-refractivity contribution in [2.45, 2.75) is 19.3 Å². The molecule has 1 heterocycles. The highest BCUT2D eigenvalue weighted by Crippen LogP contribution is 2.24. The van der Waals surface area contributed by atoms with E-state index in [0.29, 0.717) is 0 Å². The topological polar surface area (TPSA) is 44.1 Å². The molecule has 0 spiro atoms. The molecule has 0 amide bonds. The SMILES string of the molecule is CCC(C(=O)OC)c1ccc2c(c1)ncn2C. The molecule has 4 nitrogen and oxygen atoms in total. The molecule has 0 aliphatic heterocycles. The van der Waals surface area contributed by atoms with E-state index in [9.17, 15) is 4.79 Å². The molecule has 0 bridgehead atoms. The zero-order valence-electron chi connectivity index (χ0n) is 10.3. The number of hydrogen-bond acceptors (Lipinski definition) is 3. The van der Waals surface area contributed by atoms with E-state index in [1.54, 1.807) is 6.33 Å². The van der Waals surface area contributed by atoms with E-state index in [4.69, 9.17) is 4.74 Å². The molecule has 0 N–H and O–H groups in total. The van der Waals surface area contributed by atoms with Crippen LogP contribution in [0.15, 0.2) is 24.5 Å². The summed E-state index contributed by atoms with van der Waals surface area (Å²) in [5.74, 6) is -0.394. The molecule has 1 unspecified atom stereocenters. The number of ether oxygens (including phenoxy) is 1.